The zero-order valence-electron chi connectivity index (χ0n) is 9.75. The number of esters is 1. The highest BCUT2D eigenvalue weighted by atomic mass is 127. The molecule has 0 amide bonds. The van der Waals surface area contributed by atoms with Crippen LogP contribution in [0, 0.1) is 3.57 Å². The fourth-order valence-electron chi connectivity index (χ4n) is 1.25. The Bertz CT molecular complexity index is 480. The van der Waals surface area contributed by atoms with Crippen molar-refractivity contribution in [1.29, 1.82) is 0 Å². The summed E-state index contributed by atoms with van der Waals surface area (Å²) < 4.78 is 45.3. The average Bonchev–Trinajstić information content (AvgIpc) is 2.27. The van der Waals surface area contributed by atoms with Crippen LogP contribution in [0.2, 0.25) is 0 Å². The molecular formula is C10H10F3IN2O3. The number of pyridine rings is 1. The summed E-state index contributed by atoms with van der Waals surface area (Å²) in [6.45, 7) is 1.52. The van der Waals surface area contributed by atoms with Crippen molar-refractivity contribution in [3.05, 3.63) is 21.0 Å². The van der Waals surface area contributed by atoms with Crippen LogP contribution in [0.5, 0.6) is 5.75 Å². The first-order chi connectivity index (χ1) is 8.80. The summed E-state index contributed by atoms with van der Waals surface area (Å²) in [6.07, 6.45) is -4.04. The van der Waals surface area contributed by atoms with Gasteiger partial charge in [0.25, 0.3) is 0 Å². The monoisotopic (exact) mass is 390 g/mol. The molecule has 0 aromatic carbocycles. The summed E-state index contributed by atoms with van der Waals surface area (Å²) >= 11 is 1.68. The van der Waals surface area contributed by atoms with Crippen LogP contribution in [0.4, 0.5) is 13.2 Å². The van der Waals surface area contributed by atoms with Crippen LogP contribution in [0.1, 0.15) is 23.0 Å². The van der Waals surface area contributed by atoms with Gasteiger partial charge in [0.1, 0.15) is 0 Å². The molecule has 9 heteroatoms. The van der Waals surface area contributed by atoms with Crippen molar-refractivity contribution in [1.82, 2.24) is 4.98 Å². The van der Waals surface area contributed by atoms with E-state index in [-0.39, 0.29) is 28.0 Å². The van der Waals surface area contributed by atoms with Crippen molar-refractivity contribution in [3.63, 3.8) is 0 Å². The van der Waals surface area contributed by atoms with Crippen LogP contribution in [0.15, 0.2) is 6.20 Å². The van der Waals surface area contributed by atoms with Gasteiger partial charge >= 0.3 is 12.3 Å². The maximum absolute atomic E-state index is 12.2. The van der Waals surface area contributed by atoms with E-state index in [0.29, 0.717) is 0 Å². The van der Waals surface area contributed by atoms with Crippen molar-refractivity contribution in [2.75, 3.05) is 6.61 Å². The first-order valence-corrected chi connectivity index (χ1v) is 6.18. The van der Waals surface area contributed by atoms with Gasteiger partial charge in [0.2, 0.25) is 0 Å². The van der Waals surface area contributed by atoms with Gasteiger partial charge in [-0.05, 0) is 29.5 Å². The zero-order valence-corrected chi connectivity index (χ0v) is 11.9. The molecule has 0 bridgehead atoms. The normalized spacial score (nSPS) is 11.3. The Morgan fingerprint density at radius 2 is 2.16 bits per heavy atom. The lowest BCUT2D eigenvalue weighted by molar-refractivity contribution is -0.275. The fraction of sp³-hybridized carbons (Fsp3) is 0.400. The topological polar surface area (TPSA) is 74.4 Å². The van der Waals surface area contributed by atoms with Gasteiger partial charge in [-0.1, -0.05) is 0 Å². The second-order valence-corrected chi connectivity index (χ2v) is 4.31. The largest absolute Gasteiger partial charge is 0.573 e. The number of hydrogen-bond acceptors (Lipinski definition) is 5. The lowest BCUT2D eigenvalue weighted by atomic mass is 10.2. The molecule has 0 aliphatic rings. The number of hydrogen-bond donors (Lipinski definition) is 1. The summed E-state index contributed by atoms with van der Waals surface area (Å²) in [5.74, 6) is -1.24. The summed E-state index contributed by atoms with van der Waals surface area (Å²) in [6, 6.07) is 0. The van der Waals surface area contributed by atoms with Crippen LogP contribution < -0.4 is 10.5 Å². The maximum atomic E-state index is 12.2. The highest BCUT2D eigenvalue weighted by Crippen LogP contribution is 2.30. The van der Waals surface area contributed by atoms with E-state index in [2.05, 4.69) is 9.72 Å². The van der Waals surface area contributed by atoms with E-state index in [4.69, 9.17) is 10.5 Å². The van der Waals surface area contributed by atoms with Crippen LogP contribution in [-0.2, 0) is 11.3 Å². The number of alkyl halides is 3. The van der Waals surface area contributed by atoms with Gasteiger partial charge < -0.3 is 15.2 Å². The quantitative estimate of drug-likeness (QED) is 0.631. The Balaban J connectivity index is 3.19. The average molecular weight is 390 g/mol. The molecule has 1 heterocycles. The first kappa shape index (κ1) is 16.0. The minimum absolute atomic E-state index is 0.0518. The van der Waals surface area contributed by atoms with Crippen molar-refractivity contribution >= 4 is 28.6 Å². The number of carbonyl (C=O) groups excluding carboxylic acids is 1. The Kier molecular flexibility index (Phi) is 5.35. The predicted molar refractivity (Wildman–Crippen MR) is 67.5 cm³/mol. The van der Waals surface area contributed by atoms with Crippen LogP contribution >= 0.6 is 22.6 Å². The van der Waals surface area contributed by atoms with E-state index in [0.717, 1.165) is 6.20 Å². The molecule has 19 heavy (non-hydrogen) atoms. The van der Waals surface area contributed by atoms with Gasteiger partial charge in [-0.2, -0.15) is 0 Å². The lowest BCUT2D eigenvalue weighted by Gasteiger charge is -2.14. The molecule has 0 saturated carbocycles. The SMILES string of the molecule is CCOC(=O)c1ncc(OC(F)(F)F)c(CN)c1I. The molecule has 0 aliphatic carbocycles. The van der Waals surface area contributed by atoms with E-state index in [9.17, 15) is 18.0 Å². The second kappa shape index (κ2) is 6.37. The molecule has 0 saturated heterocycles. The molecule has 0 aliphatic heterocycles. The maximum Gasteiger partial charge on any atom is 0.573 e. The lowest BCUT2D eigenvalue weighted by Crippen LogP contribution is -2.21. The molecule has 1 aromatic rings. The molecule has 2 N–H and O–H groups in total. The Labute approximate surface area is 120 Å². The number of ether oxygens (including phenoxy) is 2. The molecule has 0 radical (unpaired) electrons. The Morgan fingerprint density at radius 1 is 1.53 bits per heavy atom. The van der Waals surface area contributed by atoms with Gasteiger partial charge in [0.05, 0.1) is 16.4 Å². The molecular weight excluding hydrogens is 380 g/mol. The number of nitrogens with zero attached hydrogens (tertiary/aromatic N) is 1. The Hall–Kier alpha value is -1.10. The number of aromatic nitrogens is 1. The van der Waals surface area contributed by atoms with Crippen molar-refractivity contribution in [2.45, 2.75) is 19.8 Å². The van der Waals surface area contributed by atoms with E-state index < -0.39 is 18.1 Å². The highest BCUT2D eigenvalue weighted by molar-refractivity contribution is 14.1. The minimum atomic E-state index is -4.85. The third-order valence-corrected chi connectivity index (χ3v) is 3.14. The zero-order chi connectivity index (χ0) is 14.6. The van der Waals surface area contributed by atoms with Gasteiger partial charge in [0.15, 0.2) is 11.4 Å². The van der Waals surface area contributed by atoms with E-state index in [1.165, 1.54) is 0 Å². The number of rotatable bonds is 4. The van der Waals surface area contributed by atoms with Crippen molar-refractivity contribution in [2.24, 2.45) is 5.73 Å². The molecule has 1 rings (SSSR count). The Morgan fingerprint density at radius 3 is 2.63 bits per heavy atom. The second-order valence-electron chi connectivity index (χ2n) is 3.24. The van der Waals surface area contributed by atoms with Crippen LogP contribution in [-0.4, -0.2) is 23.9 Å². The number of nitrogens with two attached hydrogens (primary N) is 1. The molecule has 0 unspecified atom stereocenters. The third kappa shape index (κ3) is 4.20. The van der Waals surface area contributed by atoms with Crippen LogP contribution in [0.3, 0.4) is 0 Å². The number of halogens is 4. The van der Waals surface area contributed by atoms with Crippen molar-refractivity contribution in [3.8, 4) is 5.75 Å². The first-order valence-electron chi connectivity index (χ1n) is 5.10. The minimum Gasteiger partial charge on any atom is -0.461 e. The van der Waals surface area contributed by atoms with Gasteiger partial charge in [0, 0.05) is 12.1 Å². The fourth-order valence-corrected chi connectivity index (χ4v) is 2.10. The summed E-state index contributed by atoms with van der Waals surface area (Å²) in [7, 11) is 0. The van der Waals surface area contributed by atoms with Gasteiger partial charge in [-0.3, -0.25) is 0 Å². The highest BCUT2D eigenvalue weighted by Gasteiger charge is 2.33. The summed E-state index contributed by atoms with van der Waals surface area (Å²) in [5.41, 5.74) is 5.35. The molecule has 0 spiro atoms. The summed E-state index contributed by atoms with van der Waals surface area (Å²) in [5, 5.41) is 0. The van der Waals surface area contributed by atoms with Crippen molar-refractivity contribution < 1.29 is 27.4 Å². The summed E-state index contributed by atoms with van der Waals surface area (Å²) in [4.78, 5) is 15.2. The smallest absolute Gasteiger partial charge is 0.461 e. The molecule has 0 atom stereocenters. The van der Waals surface area contributed by atoms with Gasteiger partial charge in [-0.25, -0.2) is 9.78 Å². The van der Waals surface area contributed by atoms with Crippen LogP contribution in [0.25, 0.3) is 0 Å². The molecule has 0 fully saturated rings. The predicted octanol–water partition coefficient (Wildman–Crippen LogP) is 2.22. The third-order valence-electron chi connectivity index (χ3n) is 1.98. The van der Waals surface area contributed by atoms with E-state index in [1.807, 2.05) is 0 Å². The van der Waals surface area contributed by atoms with E-state index in [1.54, 1.807) is 29.5 Å². The standard InChI is InChI=1S/C10H10F3IN2O3/c1-2-18-9(17)8-7(14)5(3-15)6(4-16-8)19-10(11,12)13/h4H,2-3,15H2,1H3. The van der Waals surface area contributed by atoms with Gasteiger partial charge in [-0.15, -0.1) is 13.2 Å². The van der Waals surface area contributed by atoms with E-state index >= 15 is 0 Å². The molecule has 5 nitrogen and oxygen atoms in total. The molecule has 106 valence electrons. The number of carbonyl (C=O) groups is 1. The molecule has 1 aromatic heterocycles.